The van der Waals surface area contributed by atoms with E-state index in [1.807, 2.05) is 30.3 Å². The molecule has 0 saturated carbocycles. The first-order valence-electron chi connectivity index (χ1n) is 3.24. The average Bonchev–Trinajstić information content (AvgIpc) is 2.06. The molecule has 4 heteroatoms. The molecule has 1 aromatic rings. The van der Waals surface area contributed by atoms with E-state index in [2.05, 4.69) is 37.9 Å². The summed E-state index contributed by atoms with van der Waals surface area (Å²) in [7, 11) is 0. The highest BCUT2D eigenvalue weighted by molar-refractivity contribution is 8.06. The minimum Gasteiger partial charge on any atom is -0.449 e. The third kappa shape index (κ3) is 3.05. The Kier molecular flexibility index (Phi) is 3.91. The van der Waals surface area contributed by atoms with E-state index in [-0.39, 0.29) is 0 Å². The number of rotatable bonds is 2. The van der Waals surface area contributed by atoms with Crippen molar-refractivity contribution in [1.29, 1.82) is 0 Å². The zero-order valence-corrected chi connectivity index (χ0v) is 8.82. The molecule has 0 heterocycles. The fraction of sp³-hybridized carbons (Fsp3) is 0. The van der Waals surface area contributed by atoms with E-state index in [1.54, 1.807) is 0 Å². The molecule has 0 aliphatic heterocycles. The molecule has 0 unspecified atom stereocenters. The normalized spacial score (nSPS) is 9.25. The first-order valence-corrected chi connectivity index (χ1v) is 4.58. The number of hydrogen-bond acceptors (Lipinski definition) is 4. The van der Waals surface area contributed by atoms with Gasteiger partial charge in [0, 0.05) is 0 Å². The molecule has 0 N–H and O–H groups in total. The van der Waals surface area contributed by atoms with Crippen LogP contribution in [0.5, 0.6) is 5.75 Å². The van der Waals surface area contributed by atoms with E-state index in [9.17, 15) is 0 Å². The Morgan fingerprint density at radius 3 is 2.08 bits per heavy atom. The van der Waals surface area contributed by atoms with Crippen LogP contribution in [-0.4, -0.2) is 0 Å². The zero-order valence-electron chi connectivity index (χ0n) is 6.14. The summed E-state index contributed by atoms with van der Waals surface area (Å²) in [5, 5.41) is 0.396. The minimum absolute atomic E-state index is 0.396. The number of benzene rings is 1. The molecule has 0 saturated heterocycles. The third-order valence-electron chi connectivity index (χ3n) is 1.15. The molecule has 0 aliphatic carbocycles. The van der Waals surface area contributed by atoms with Crippen molar-refractivity contribution in [1.82, 2.24) is 0 Å². The van der Waals surface area contributed by atoms with Crippen LogP contribution in [0.3, 0.4) is 0 Å². The largest absolute Gasteiger partial charge is 0.449 e. The van der Waals surface area contributed by atoms with Crippen LogP contribution in [-0.2, 0) is 0 Å². The molecule has 0 bridgehead atoms. The van der Waals surface area contributed by atoms with Gasteiger partial charge in [0.25, 0.3) is 0 Å². The summed E-state index contributed by atoms with van der Waals surface area (Å²) in [6.07, 6.45) is 0. The van der Waals surface area contributed by atoms with Crippen molar-refractivity contribution in [3.05, 3.63) is 39.7 Å². The van der Waals surface area contributed by atoms with E-state index in [0.717, 1.165) is 5.75 Å². The summed E-state index contributed by atoms with van der Waals surface area (Å²) in [6.45, 7) is 0. The predicted octanol–water partition coefficient (Wildman–Crippen LogP) is 2.98. The molecule has 0 atom stereocenters. The van der Waals surface area contributed by atoms with Crippen molar-refractivity contribution in [2.75, 3.05) is 0 Å². The molecule has 1 nitrogen and oxygen atoms in total. The molecule has 0 amide bonds. The summed E-state index contributed by atoms with van der Waals surface area (Å²) in [4.78, 5) is 0. The lowest BCUT2D eigenvalue weighted by Crippen LogP contribution is -1.87. The maximum atomic E-state index is 5.27. The second-order valence-corrected chi connectivity index (χ2v) is 3.70. The Labute approximate surface area is 88.1 Å². The van der Waals surface area contributed by atoms with E-state index in [1.165, 1.54) is 0 Å². The van der Waals surface area contributed by atoms with Crippen molar-refractivity contribution in [2.45, 2.75) is 0 Å². The van der Waals surface area contributed by atoms with Gasteiger partial charge in [0.1, 0.15) is 5.75 Å². The van der Waals surface area contributed by atoms with E-state index in [4.69, 9.17) is 4.74 Å². The van der Waals surface area contributed by atoms with Gasteiger partial charge in [-0.2, -0.15) is 0 Å². The Balaban J connectivity index is 2.72. The van der Waals surface area contributed by atoms with Crippen LogP contribution in [0.15, 0.2) is 39.7 Å². The van der Waals surface area contributed by atoms with Crippen molar-refractivity contribution in [3.8, 4) is 5.75 Å². The predicted molar refractivity (Wildman–Crippen MR) is 61.1 cm³/mol. The number of ether oxygens (including phenoxy) is 1. The van der Waals surface area contributed by atoms with Crippen molar-refractivity contribution >= 4 is 37.9 Å². The topological polar surface area (TPSA) is 9.23 Å². The Morgan fingerprint density at radius 2 is 1.58 bits per heavy atom. The van der Waals surface area contributed by atoms with Gasteiger partial charge >= 0.3 is 0 Å². The molecule has 0 radical (unpaired) electrons. The molecule has 0 aliphatic rings. The molecule has 1 aromatic carbocycles. The van der Waals surface area contributed by atoms with Crippen LogP contribution in [0.2, 0.25) is 0 Å². The Hall–Kier alpha value is -0.190. The van der Waals surface area contributed by atoms with Crippen LogP contribution < -0.4 is 4.74 Å². The lowest BCUT2D eigenvalue weighted by atomic mass is 10.3. The lowest BCUT2D eigenvalue weighted by Gasteiger charge is -2.04. The summed E-state index contributed by atoms with van der Waals surface area (Å²) < 4.78 is 5.73. The van der Waals surface area contributed by atoms with E-state index in [0.29, 0.717) is 9.33 Å². The monoisotopic (exact) mass is 216 g/mol. The van der Waals surface area contributed by atoms with Crippen LogP contribution in [0, 0.1) is 0 Å². The Morgan fingerprint density at radius 1 is 1.00 bits per heavy atom. The quantitative estimate of drug-likeness (QED) is 0.509. The van der Waals surface area contributed by atoms with Gasteiger partial charge in [-0.05, 0) is 12.1 Å². The molecule has 1 rings (SSSR count). The smallest absolute Gasteiger partial charge is 0.177 e. The summed E-state index contributed by atoms with van der Waals surface area (Å²) in [6, 6.07) is 9.35. The molecule has 0 fully saturated rings. The van der Waals surface area contributed by atoms with Crippen molar-refractivity contribution in [3.63, 3.8) is 0 Å². The van der Waals surface area contributed by atoms with Crippen LogP contribution in [0.1, 0.15) is 0 Å². The number of para-hydroxylation sites is 1. The highest BCUT2D eigenvalue weighted by atomic mass is 32.2. The van der Waals surface area contributed by atoms with E-state index < -0.39 is 0 Å². The number of thiol groups is 3. The lowest BCUT2D eigenvalue weighted by molar-refractivity contribution is 0.468. The van der Waals surface area contributed by atoms with Gasteiger partial charge in [-0.3, -0.25) is 0 Å². The van der Waals surface area contributed by atoms with Gasteiger partial charge in [0.15, 0.2) is 5.09 Å². The van der Waals surface area contributed by atoms with Gasteiger partial charge in [0.05, 0.1) is 4.24 Å². The summed E-state index contributed by atoms with van der Waals surface area (Å²) in [5.41, 5.74) is 0. The third-order valence-corrected chi connectivity index (χ3v) is 2.22. The maximum Gasteiger partial charge on any atom is 0.177 e. The fourth-order valence-corrected chi connectivity index (χ4v) is 0.843. The fourth-order valence-electron chi connectivity index (χ4n) is 0.646. The molecule has 12 heavy (non-hydrogen) atoms. The van der Waals surface area contributed by atoms with E-state index >= 15 is 0 Å². The van der Waals surface area contributed by atoms with Gasteiger partial charge in [-0.15, -0.1) is 37.9 Å². The van der Waals surface area contributed by atoms with Crippen LogP contribution in [0.25, 0.3) is 0 Å². The maximum absolute atomic E-state index is 5.27. The van der Waals surface area contributed by atoms with Crippen molar-refractivity contribution < 1.29 is 4.74 Å². The summed E-state index contributed by atoms with van der Waals surface area (Å²) in [5.74, 6) is 0.725. The molecule has 0 spiro atoms. The highest BCUT2D eigenvalue weighted by Gasteiger charge is 1.96. The number of hydrogen-bond donors (Lipinski definition) is 3. The van der Waals surface area contributed by atoms with Crippen LogP contribution in [0.4, 0.5) is 0 Å². The molecular formula is C8H8OS3. The summed E-state index contributed by atoms with van der Waals surface area (Å²) >= 11 is 12.0. The Bertz CT molecular complexity index is 278. The minimum atomic E-state index is 0.396. The van der Waals surface area contributed by atoms with Gasteiger partial charge in [0.2, 0.25) is 0 Å². The second kappa shape index (κ2) is 4.74. The second-order valence-electron chi connectivity index (χ2n) is 2.04. The SMILES string of the molecule is SC(S)=C(S)Oc1ccccc1. The van der Waals surface area contributed by atoms with Gasteiger partial charge in [-0.25, -0.2) is 0 Å². The van der Waals surface area contributed by atoms with Gasteiger partial charge in [-0.1, -0.05) is 18.2 Å². The molecule has 0 aromatic heterocycles. The van der Waals surface area contributed by atoms with Crippen molar-refractivity contribution in [2.24, 2.45) is 0 Å². The first kappa shape index (κ1) is 9.89. The standard InChI is InChI=1S/C8H8OS3/c10-7(8(11)12)9-6-4-2-1-3-5-6/h1-5,10-12H. The first-order chi connectivity index (χ1) is 5.70. The highest BCUT2D eigenvalue weighted by Crippen LogP contribution is 2.20. The van der Waals surface area contributed by atoms with Crippen LogP contribution >= 0.6 is 37.9 Å². The molecular weight excluding hydrogens is 208 g/mol. The van der Waals surface area contributed by atoms with Gasteiger partial charge < -0.3 is 4.74 Å². The zero-order chi connectivity index (χ0) is 8.97. The molecule has 64 valence electrons. The average molecular weight is 216 g/mol.